The second-order valence-corrected chi connectivity index (χ2v) is 2.50. The first-order valence-corrected chi connectivity index (χ1v) is 3.22. The first-order valence-electron chi connectivity index (χ1n) is 3.22. The molecule has 4 nitrogen and oxygen atoms in total. The lowest BCUT2D eigenvalue weighted by Crippen LogP contribution is -1.99. The molecule has 4 heteroatoms. The highest BCUT2D eigenvalue weighted by molar-refractivity contribution is 5.94. The van der Waals surface area contributed by atoms with Gasteiger partial charge in [0.05, 0.1) is 6.04 Å². The van der Waals surface area contributed by atoms with Crippen molar-refractivity contribution in [2.24, 2.45) is 0 Å². The van der Waals surface area contributed by atoms with Crippen molar-refractivity contribution >= 4 is 5.78 Å². The van der Waals surface area contributed by atoms with Crippen LogP contribution in [0.25, 0.3) is 0 Å². The summed E-state index contributed by atoms with van der Waals surface area (Å²) < 4.78 is 1.67. The monoisotopic (exact) mass is 137 g/mol. The van der Waals surface area contributed by atoms with Crippen LogP contribution in [0.1, 0.15) is 30.0 Å². The average Bonchev–Trinajstić information content (AvgIpc) is 2.39. The molecular weight excluding hydrogens is 130 g/mol. The lowest BCUT2D eigenvalue weighted by atomic mass is 10.2. The van der Waals surface area contributed by atoms with Crippen molar-refractivity contribution in [3.63, 3.8) is 0 Å². The molecule has 0 saturated carbocycles. The smallest absolute Gasteiger partial charge is 0.201 e. The number of rotatable bonds is 0. The molecule has 0 spiro atoms. The first-order chi connectivity index (χ1) is 4.79. The van der Waals surface area contributed by atoms with E-state index in [-0.39, 0.29) is 11.8 Å². The Morgan fingerprint density at radius 2 is 2.60 bits per heavy atom. The molecule has 1 aliphatic rings. The molecule has 0 saturated heterocycles. The Labute approximate surface area is 57.9 Å². The van der Waals surface area contributed by atoms with Gasteiger partial charge < -0.3 is 0 Å². The predicted molar refractivity (Wildman–Crippen MR) is 33.7 cm³/mol. The van der Waals surface area contributed by atoms with Crippen LogP contribution < -0.4 is 0 Å². The third-order valence-corrected chi connectivity index (χ3v) is 1.72. The summed E-state index contributed by atoms with van der Waals surface area (Å²) in [5.41, 5.74) is 0. The molecule has 0 aliphatic carbocycles. The number of ketones is 1. The van der Waals surface area contributed by atoms with Gasteiger partial charge in [0.25, 0.3) is 0 Å². The molecular formula is C6H7N3O. The minimum Gasteiger partial charge on any atom is -0.291 e. The molecule has 0 radical (unpaired) electrons. The first kappa shape index (κ1) is 5.58. The van der Waals surface area contributed by atoms with Crippen LogP contribution >= 0.6 is 0 Å². The zero-order valence-electron chi connectivity index (χ0n) is 5.61. The van der Waals surface area contributed by atoms with Crippen molar-refractivity contribution in [2.75, 3.05) is 0 Å². The SMILES string of the molecule is C[C@@H]1CC(=O)c2ncnn21. The molecule has 1 aromatic rings. The molecule has 0 bridgehead atoms. The molecule has 0 unspecified atom stereocenters. The quantitative estimate of drug-likeness (QED) is 0.520. The Hall–Kier alpha value is -1.19. The summed E-state index contributed by atoms with van der Waals surface area (Å²) in [5.74, 6) is 0.609. The van der Waals surface area contributed by atoms with Gasteiger partial charge in [-0.15, -0.1) is 0 Å². The molecule has 2 heterocycles. The van der Waals surface area contributed by atoms with E-state index in [9.17, 15) is 4.79 Å². The maximum absolute atomic E-state index is 11.0. The Kier molecular flexibility index (Phi) is 0.922. The van der Waals surface area contributed by atoms with Crippen LogP contribution in [0.4, 0.5) is 0 Å². The van der Waals surface area contributed by atoms with Gasteiger partial charge in [0.2, 0.25) is 5.78 Å². The summed E-state index contributed by atoms with van der Waals surface area (Å²) in [4.78, 5) is 14.8. The van der Waals surface area contributed by atoms with Gasteiger partial charge >= 0.3 is 0 Å². The largest absolute Gasteiger partial charge is 0.291 e. The molecule has 1 atom stereocenters. The van der Waals surface area contributed by atoms with Gasteiger partial charge in [-0.05, 0) is 6.92 Å². The Morgan fingerprint density at radius 1 is 1.80 bits per heavy atom. The lowest BCUT2D eigenvalue weighted by molar-refractivity contribution is 0.0986. The molecule has 0 amide bonds. The molecule has 0 N–H and O–H groups in total. The fraction of sp³-hybridized carbons (Fsp3) is 0.500. The van der Waals surface area contributed by atoms with Crippen LogP contribution in [-0.4, -0.2) is 20.5 Å². The Bertz CT molecular complexity index is 278. The van der Waals surface area contributed by atoms with Gasteiger partial charge in [0.1, 0.15) is 6.33 Å². The van der Waals surface area contributed by atoms with Gasteiger partial charge in [0.15, 0.2) is 5.82 Å². The van der Waals surface area contributed by atoms with Crippen molar-refractivity contribution in [2.45, 2.75) is 19.4 Å². The van der Waals surface area contributed by atoms with Crippen molar-refractivity contribution in [1.29, 1.82) is 0 Å². The summed E-state index contributed by atoms with van der Waals surface area (Å²) in [6.07, 6.45) is 1.97. The van der Waals surface area contributed by atoms with E-state index in [1.165, 1.54) is 6.33 Å². The van der Waals surface area contributed by atoms with Crippen molar-refractivity contribution in [1.82, 2.24) is 14.8 Å². The summed E-state index contributed by atoms with van der Waals surface area (Å²) >= 11 is 0. The van der Waals surface area contributed by atoms with Gasteiger partial charge in [-0.2, -0.15) is 5.10 Å². The Balaban J connectivity index is 2.58. The van der Waals surface area contributed by atoms with Crippen LogP contribution in [0.15, 0.2) is 6.33 Å². The number of hydrogen-bond acceptors (Lipinski definition) is 3. The fourth-order valence-electron chi connectivity index (χ4n) is 1.22. The number of Topliss-reactive ketones (excluding diaryl/α,β-unsaturated/α-hetero) is 1. The number of carbonyl (C=O) groups excluding carboxylic acids is 1. The van der Waals surface area contributed by atoms with E-state index in [0.717, 1.165) is 0 Å². The van der Waals surface area contributed by atoms with Crippen LogP contribution in [0.3, 0.4) is 0 Å². The number of carbonyl (C=O) groups is 1. The van der Waals surface area contributed by atoms with Crippen LogP contribution in [0.2, 0.25) is 0 Å². The number of hydrogen-bond donors (Lipinski definition) is 0. The number of nitrogens with zero attached hydrogens (tertiary/aromatic N) is 3. The molecule has 0 aromatic carbocycles. The zero-order valence-corrected chi connectivity index (χ0v) is 5.61. The van der Waals surface area contributed by atoms with E-state index in [1.807, 2.05) is 6.92 Å². The summed E-state index contributed by atoms with van der Waals surface area (Å²) in [6, 6.07) is 0.199. The fourth-order valence-corrected chi connectivity index (χ4v) is 1.22. The highest BCUT2D eigenvalue weighted by Crippen LogP contribution is 2.21. The second kappa shape index (κ2) is 1.65. The lowest BCUT2D eigenvalue weighted by Gasteiger charge is -1.98. The van der Waals surface area contributed by atoms with Gasteiger partial charge in [-0.1, -0.05) is 0 Å². The zero-order chi connectivity index (χ0) is 7.14. The van der Waals surface area contributed by atoms with Crippen LogP contribution in [-0.2, 0) is 0 Å². The van der Waals surface area contributed by atoms with Gasteiger partial charge in [0, 0.05) is 6.42 Å². The highest BCUT2D eigenvalue weighted by Gasteiger charge is 2.27. The highest BCUT2D eigenvalue weighted by atomic mass is 16.1. The number of aromatic nitrogens is 3. The van der Waals surface area contributed by atoms with E-state index < -0.39 is 0 Å². The summed E-state index contributed by atoms with van der Waals surface area (Å²) in [7, 11) is 0. The minimum atomic E-state index is 0.102. The second-order valence-electron chi connectivity index (χ2n) is 2.50. The maximum atomic E-state index is 11.0. The van der Waals surface area contributed by atoms with E-state index in [4.69, 9.17) is 0 Å². The topological polar surface area (TPSA) is 47.8 Å². The van der Waals surface area contributed by atoms with E-state index >= 15 is 0 Å². The molecule has 2 rings (SSSR count). The third kappa shape index (κ3) is 0.531. The van der Waals surface area contributed by atoms with E-state index in [2.05, 4.69) is 10.1 Å². The summed E-state index contributed by atoms with van der Waals surface area (Å²) in [6.45, 7) is 1.96. The van der Waals surface area contributed by atoms with Gasteiger partial charge in [-0.3, -0.25) is 4.79 Å². The van der Waals surface area contributed by atoms with E-state index in [0.29, 0.717) is 12.2 Å². The van der Waals surface area contributed by atoms with Crippen LogP contribution in [0, 0.1) is 0 Å². The number of fused-ring (bicyclic) bond motifs is 1. The summed E-state index contributed by atoms with van der Waals surface area (Å²) in [5, 5.41) is 3.91. The van der Waals surface area contributed by atoms with Gasteiger partial charge in [-0.25, -0.2) is 9.67 Å². The third-order valence-electron chi connectivity index (χ3n) is 1.72. The molecule has 10 heavy (non-hydrogen) atoms. The normalized spacial score (nSPS) is 23.3. The molecule has 0 fully saturated rings. The molecule has 52 valence electrons. The Morgan fingerprint density at radius 3 is 3.30 bits per heavy atom. The predicted octanol–water partition coefficient (Wildman–Crippen LogP) is 0.425. The average molecular weight is 137 g/mol. The van der Waals surface area contributed by atoms with E-state index in [1.54, 1.807) is 4.68 Å². The van der Waals surface area contributed by atoms with Crippen molar-refractivity contribution in [3.8, 4) is 0 Å². The molecule has 1 aliphatic heterocycles. The minimum absolute atomic E-state index is 0.102. The van der Waals surface area contributed by atoms with Crippen LogP contribution in [0.5, 0.6) is 0 Å². The van der Waals surface area contributed by atoms with Crippen molar-refractivity contribution < 1.29 is 4.79 Å². The molecule has 1 aromatic heterocycles. The van der Waals surface area contributed by atoms with Crippen molar-refractivity contribution in [3.05, 3.63) is 12.2 Å². The maximum Gasteiger partial charge on any atom is 0.201 e. The standard InChI is InChI=1S/C6H7N3O/c1-4-2-5(10)6-7-3-8-9(4)6/h3-4H,2H2,1H3/t4-/m1/s1.